The van der Waals surface area contributed by atoms with Crippen molar-refractivity contribution < 1.29 is 14.4 Å². The van der Waals surface area contributed by atoms with E-state index >= 15 is 0 Å². The van der Waals surface area contributed by atoms with Crippen molar-refractivity contribution in [1.29, 1.82) is 0 Å². The summed E-state index contributed by atoms with van der Waals surface area (Å²) >= 11 is 14.0. The number of hydrogen-bond acceptors (Lipinski definition) is 4. The summed E-state index contributed by atoms with van der Waals surface area (Å²) in [4.78, 5) is 39.5. The molecule has 0 heterocycles. The van der Waals surface area contributed by atoms with Crippen LogP contribution in [-0.2, 0) is 9.59 Å². The van der Waals surface area contributed by atoms with Gasteiger partial charge in [-0.2, -0.15) is 0 Å². The number of hydrogen-bond donors (Lipinski definition) is 3. The first-order valence-electron chi connectivity index (χ1n) is 12.6. The van der Waals surface area contributed by atoms with Gasteiger partial charge in [0, 0.05) is 37.4 Å². The lowest BCUT2D eigenvalue weighted by Gasteiger charge is -2.13. The van der Waals surface area contributed by atoms with Crippen molar-refractivity contribution >= 4 is 70.1 Å². The van der Waals surface area contributed by atoms with Crippen LogP contribution in [-0.4, -0.2) is 23.5 Å². The van der Waals surface area contributed by atoms with Crippen molar-refractivity contribution in [2.75, 3.05) is 16.4 Å². The lowest BCUT2D eigenvalue weighted by atomic mass is 10.1. The third-order valence-electron chi connectivity index (χ3n) is 5.96. The molecule has 0 aliphatic rings. The zero-order valence-electron chi connectivity index (χ0n) is 22.3. The quantitative estimate of drug-likeness (QED) is 0.135. The average molecular weight is 605 g/mol. The summed E-state index contributed by atoms with van der Waals surface area (Å²) in [6.45, 7) is 3.96. The average Bonchev–Trinajstić information content (AvgIpc) is 2.96. The van der Waals surface area contributed by atoms with Gasteiger partial charge in [-0.15, -0.1) is 11.8 Å². The number of rotatable bonds is 9. The van der Waals surface area contributed by atoms with Crippen LogP contribution in [0.2, 0.25) is 10.0 Å². The number of carbonyl (C=O) groups excluding carboxylic acids is 3. The SMILES string of the molecule is Cc1ccc(NC(=O)CSc2ccc(NC(=O)/C(=C/c3c(Cl)cccc3Cl)NC(=O)c3ccccc3)cc2)c(C)c1. The summed E-state index contributed by atoms with van der Waals surface area (Å²) in [6.07, 6.45) is 1.44. The van der Waals surface area contributed by atoms with Crippen LogP contribution in [0.15, 0.2) is 102 Å². The molecule has 4 rings (SSSR count). The minimum atomic E-state index is -0.557. The number of nitrogens with one attached hydrogen (secondary N) is 3. The Morgan fingerprint density at radius 3 is 2.15 bits per heavy atom. The van der Waals surface area contributed by atoms with E-state index in [1.807, 2.05) is 44.2 Å². The van der Waals surface area contributed by atoms with Gasteiger partial charge in [0.15, 0.2) is 0 Å². The van der Waals surface area contributed by atoms with Crippen LogP contribution in [0, 0.1) is 13.8 Å². The van der Waals surface area contributed by atoms with E-state index in [4.69, 9.17) is 23.2 Å². The predicted octanol–water partition coefficient (Wildman–Crippen LogP) is 7.75. The van der Waals surface area contributed by atoms with Gasteiger partial charge in [0.25, 0.3) is 11.8 Å². The minimum absolute atomic E-state index is 0.0321. The monoisotopic (exact) mass is 603 g/mol. The molecule has 3 N–H and O–H groups in total. The van der Waals surface area contributed by atoms with Gasteiger partial charge in [0.1, 0.15) is 5.70 Å². The normalized spacial score (nSPS) is 11.1. The third-order valence-corrected chi connectivity index (χ3v) is 7.63. The number of carbonyl (C=O) groups is 3. The van der Waals surface area contributed by atoms with Crippen LogP contribution in [0.25, 0.3) is 6.08 Å². The van der Waals surface area contributed by atoms with Gasteiger partial charge in [0.2, 0.25) is 5.91 Å². The number of amides is 3. The van der Waals surface area contributed by atoms with Gasteiger partial charge < -0.3 is 16.0 Å². The molecule has 0 aliphatic carbocycles. The second kappa shape index (κ2) is 14.0. The summed E-state index contributed by atoms with van der Waals surface area (Å²) < 4.78 is 0. The molecule has 41 heavy (non-hydrogen) atoms. The molecule has 208 valence electrons. The molecular weight excluding hydrogens is 577 g/mol. The first-order valence-corrected chi connectivity index (χ1v) is 14.4. The molecule has 0 aliphatic heterocycles. The molecule has 9 heteroatoms. The van der Waals surface area contributed by atoms with Gasteiger partial charge in [-0.25, -0.2) is 0 Å². The summed E-state index contributed by atoms with van der Waals surface area (Å²) in [6, 6.07) is 26.5. The topological polar surface area (TPSA) is 87.3 Å². The molecule has 0 aromatic heterocycles. The number of halogens is 2. The summed E-state index contributed by atoms with van der Waals surface area (Å²) in [7, 11) is 0. The van der Waals surface area contributed by atoms with Crippen LogP contribution in [0.5, 0.6) is 0 Å². The molecule has 0 bridgehead atoms. The van der Waals surface area contributed by atoms with Gasteiger partial charge in [0.05, 0.1) is 5.75 Å². The molecule has 0 unspecified atom stereocenters. The zero-order chi connectivity index (χ0) is 29.4. The minimum Gasteiger partial charge on any atom is -0.325 e. The van der Waals surface area contributed by atoms with Crippen LogP contribution in [0.4, 0.5) is 11.4 Å². The molecule has 4 aromatic carbocycles. The molecule has 0 fully saturated rings. The fraction of sp³-hybridized carbons (Fsp3) is 0.0938. The van der Waals surface area contributed by atoms with E-state index in [2.05, 4.69) is 16.0 Å². The fourth-order valence-corrected chi connectivity index (χ4v) is 5.06. The molecule has 0 spiro atoms. The first-order chi connectivity index (χ1) is 19.7. The Labute approximate surface area is 253 Å². The highest BCUT2D eigenvalue weighted by molar-refractivity contribution is 8.00. The van der Waals surface area contributed by atoms with Gasteiger partial charge in [-0.1, -0.05) is 65.2 Å². The largest absolute Gasteiger partial charge is 0.325 e. The Morgan fingerprint density at radius 2 is 1.49 bits per heavy atom. The highest BCUT2D eigenvalue weighted by atomic mass is 35.5. The molecular formula is C32H27Cl2N3O3S. The maximum absolute atomic E-state index is 13.3. The molecule has 0 atom stereocenters. The second-order valence-corrected chi connectivity index (χ2v) is 11.0. The van der Waals surface area contributed by atoms with Crippen molar-refractivity contribution in [3.05, 3.63) is 129 Å². The van der Waals surface area contributed by atoms with Crippen molar-refractivity contribution in [3.63, 3.8) is 0 Å². The van der Waals surface area contributed by atoms with E-state index in [9.17, 15) is 14.4 Å². The maximum Gasteiger partial charge on any atom is 0.272 e. The Balaban J connectivity index is 1.43. The molecule has 0 saturated heterocycles. The lowest BCUT2D eigenvalue weighted by Crippen LogP contribution is -2.30. The van der Waals surface area contributed by atoms with E-state index < -0.39 is 11.8 Å². The van der Waals surface area contributed by atoms with Gasteiger partial charge >= 0.3 is 0 Å². The number of benzene rings is 4. The zero-order valence-corrected chi connectivity index (χ0v) is 24.7. The summed E-state index contributed by atoms with van der Waals surface area (Å²) in [5, 5.41) is 9.07. The Kier molecular flexibility index (Phi) is 10.2. The molecule has 0 radical (unpaired) electrons. The van der Waals surface area contributed by atoms with Crippen molar-refractivity contribution in [2.45, 2.75) is 18.7 Å². The smallest absolute Gasteiger partial charge is 0.272 e. The first kappa shape index (κ1) is 29.9. The number of thioether (sulfide) groups is 1. The number of anilines is 2. The predicted molar refractivity (Wildman–Crippen MR) is 169 cm³/mol. The molecule has 3 amide bonds. The Morgan fingerprint density at radius 1 is 0.805 bits per heavy atom. The summed E-state index contributed by atoms with van der Waals surface area (Å²) in [5.41, 5.74) is 4.20. The Bertz CT molecular complexity index is 1590. The van der Waals surface area contributed by atoms with Crippen molar-refractivity contribution in [3.8, 4) is 0 Å². The van der Waals surface area contributed by atoms with Crippen LogP contribution in [0.1, 0.15) is 27.0 Å². The standard InChI is InChI=1S/C32H27Cl2N3O3S/c1-20-11-16-28(21(2)17-20)36-30(38)19-41-24-14-12-23(13-15-24)35-32(40)29(18-25-26(33)9-6-10-27(25)34)37-31(39)22-7-4-3-5-8-22/h3-18H,19H2,1-2H3,(H,35,40)(H,36,38)(H,37,39)/b29-18-. The van der Waals surface area contributed by atoms with Crippen LogP contribution in [0.3, 0.4) is 0 Å². The second-order valence-electron chi connectivity index (χ2n) is 9.15. The van der Waals surface area contributed by atoms with Crippen LogP contribution >= 0.6 is 35.0 Å². The van der Waals surface area contributed by atoms with Gasteiger partial charge in [-0.05, 0) is 80.1 Å². The maximum atomic E-state index is 13.3. The molecule has 0 saturated carbocycles. The lowest BCUT2D eigenvalue weighted by molar-refractivity contribution is -0.114. The summed E-state index contributed by atoms with van der Waals surface area (Å²) in [5.74, 6) is -0.892. The molecule has 4 aromatic rings. The van der Waals surface area contributed by atoms with Crippen molar-refractivity contribution in [1.82, 2.24) is 5.32 Å². The van der Waals surface area contributed by atoms with E-state index in [0.29, 0.717) is 26.9 Å². The van der Waals surface area contributed by atoms with Crippen LogP contribution < -0.4 is 16.0 Å². The highest BCUT2D eigenvalue weighted by Gasteiger charge is 2.17. The van der Waals surface area contributed by atoms with E-state index in [1.54, 1.807) is 60.7 Å². The molecule has 6 nitrogen and oxygen atoms in total. The van der Waals surface area contributed by atoms with Gasteiger partial charge in [-0.3, -0.25) is 14.4 Å². The number of aryl methyl sites for hydroxylation is 2. The fourth-order valence-electron chi connectivity index (χ4n) is 3.86. The Hall–Kier alpha value is -4.04. The van der Waals surface area contributed by atoms with E-state index in [-0.39, 0.29) is 17.4 Å². The van der Waals surface area contributed by atoms with E-state index in [0.717, 1.165) is 21.7 Å². The third kappa shape index (κ3) is 8.47. The van der Waals surface area contributed by atoms with Crippen molar-refractivity contribution in [2.24, 2.45) is 0 Å². The highest BCUT2D eigenvalue weighted by Crippen LogP contribution is 2.27. The van der Waals surface area contributed by atoms with E-state index in [1.165, 1.54) is 17.8 Å².